The number of benzene rings is 1. The van der Waals surface area contributed by atoms with Crippen LogP contribution in [-0.4, -0.2) is 34.9 Å². The number of piperidine rings is 1. The molecule has 21 heavy (non-hydrogen) atoms. The second-order valence-electron chi connectivity index (χ2n) is 5.41. The van der Waals surface area contributed by atoms with Gasteiger partial charge in [-0.1, -0.05) is 12.1 Å². The van der Waals surface area contributed by atoms with Gasteiger partial charge in [0, 0.05) is 31.8 Å². The largest absolute Gasteiger partial charge is 0.341 e. The summed E-state index contributed by atoms with van der Waals surface area (Å²) in [7, 11) is 0. The molecule has 0 saturated carbocycles. The molecule has 1 heterocycles. The molecule has 114 valence electrons. The van der Waals surface area contributed by atoms with Crippen LogP contribution in [0.15, 0.2) is 24.3 Å². The van der Waals surface area contributed by atoms with Crippen molar-refractivity contribution in [2.24, 2.45) is 0 Å². The van der Waals surface area contributed by atoms with Gasteiger partial charge in [0.2, 0.25) is 5.91 Å². The van der Waals surface area contributed by atoms with Crippen LogP contribution in [0, 0.1) is 10.1 Å². The third-order valence-electron chi connectivity index (χ3n) is 3.80. The number of nitrogens with zero attached hydrogens (tertiary/aromatic N) is 2. The molecular formula is C15H21N3O3. The first-order valence-corrected chi connectivity index (χ1v) is 7.33. The Morgan fingerprint density at radius 2 is 1.90 bits per heavy atom. The molecule has 0 spiro atoms. The van der Waals surface area contributed by atoms with E-state index in [2.05, 4.69) is 5.32 Å². The van der Waals surface area contributed by atoms with Crippen molar-refractivity contribution in [3.05, 3.63) is 39.9 Å². The van der Waals surface area contributed by atoms with Crippen molar-refractivity contribution in [1.29, 1.82) is 0 Å². The Labute approximate surface area is 124 Å². The third kappa shape index (κ3) is 4.26. The lowest BCUT2D eigenvalue weighted by molar-refractivity contribution is -0.384. The van der Waals surface area contributed by atoms with Crippen LogP contribution in [0.1, 0.15) is 31.7 Å². The normalized spacial score (nSPS) is 16.5. The Morgan fingerprint density at radius 3 is 2.48 bits per heavy atom. The summed E-state index contributed by atoms with van der Waals surface area (Å²) >= 11 is 0. The molecule has 1 aromatic carbocycles. The zero-order chi connectivity index (χ0) is 15.2. The highest BCUT2D eigenvalue weighted by molar-refractivity contribution is 5.81. The van der Waals surface area contributed by atoms with Crippen LogP contribution in [0.4, 0.5) is 5.69 Å². The van der Waals surface area contributed by atoms with E-state index in [0.717, 1.165) is 31.5 Å². The second kappa shape index (κ2) is 7.17. The summed E-state index contributed by atoms with van der Waals surface area (Å²) in [5.74, 6) is 0.136. The van der Waals surface area contributed by atoms with E-state index in [-0.39, 0.29) is 17.6 Å². The highest BCUT2D eigenvalue weighted by Gasteiger charge is 2.21. The minimum atomic E-state index is -0.417. The highest BCUT2D eigenvalue weighted by atomic mass is 16.6. The lowest BCUT2D eigenvalue weighted by Crippen LogP contribution is -2.46. The molecule has 0 bridgehead atoms. The van der Waals surface area contributed by atoms with Crippen LogP contribution in [-0.2, 0) is 11.3 Å². The van der Waals surface area contributed by atoms with Crippen LogP contribution >= 0.6 is 0 Å². The van der Waals surface area contributed by atoms with Crippen LogP contribution in [0.5, 0.6) is 0 Å². The van der Waals surface area contributed by atoms with E-state index in [1.807, 2.05) is 11.8 Å². The molecule has 1 atom stereocenters. The fourth-order valence-corrected chi connectivity index (χ4v) is 2.48. The molecule has 0 aromatic heterocycles. The van der Waals surface area contributed by atoms with E-state index < -0.39 is 4.92 Å². The van der Waals surface area contributed by atoms with E-state index in [0.29, 0.717) is 6.54 Å². The van der Waals surface area contributed by atoms with Gasteiger partial charge in [0.15, 0.2) is 0 Å². The Balaban J connectivity index is 1.83. The molecule has 1 aliphatic rings. The average molecular weight is 291 g/mol. The van der Waals surface area contributed by atoms with E-state index >= 15 is 0 Å². The lowest BCUT2D eigenvalue weighted by Gasteiger charge is -2.29. The fraction of sp³-hybridized carbons (Fsp3) is 0.533. The van der Waals surface area contributed by atoms with E-state index in [1.54, 1.807) is 12.1 Å². The third-order valence-corrected chi connectivity index (χ3v) is 3.80. The van der Waals surface area contributed by atoms with E-state index in [4.69, 9.17) is 0 Å². The molecule has 1 aliphatic heterocycles. The Morgan fingerprint density at radius 1 is 1.29 bits per heavy atom. The molecule has 0 aliphatic carbocycles. The first-order valence-electron chi connectivity index (χ1n) is 7.33. The number of amides is 1. The van der Waals surface area contributed by atoms with Crippen LogP contribution in [0.25, 0.3) is 0 Å². The molecule has 1 fully saturated rings. The fourth-order valence-electron chi connectivity index (χ4n) is 2.48. The second-order valence-corrected chi connectivity index (χ2v) is 5.41. The lowest BCUT2D eigenvalue weighted by atomic mass is 10.1. The van der Waals surface area contributed by atoms with Gasteiger partial charge < -0.3 is 10.2 Å². The van der Waals surface area contributed by atoms with E-state index in [9.17, 15) is 14.9 Å². The van der Waals surface area contributed by atoms with Gasteiger partial charge in [0.25, 0.3) is 5.69 Å². The minimum absolute atomic E-state index is 0.0798. The summed E-state index contributed by atoms with van der Waals surface area (Å²) in [6.45, 7) is 4.09. The topological polar surface area (TPSA) is 75.5 Å². The number of nitrogens with one attached hydrogen (secondary N) is 1. The smallest absolute Gasteiger partial charge is 0.269 e. The maximum Gasteiger partial charge on any atom is 0.269 e. The van der Waals surface area contributed by atoms with Gasteiger partial charge in [-0.3, -0.25) is 14.9 Å². The van der Waals surface area contributed by atoms with Crippen LogP contribution in [0.2, 0.25) is 0 Å². The van der Waals surface area contributed by atoms with Crippen molar-refractivity contribution in [2.75, 3.05) is 13.1 Å². The summed E-state index contributed by atoms with van der Waals surface area (Å²) in [6.07, 6.45) is 3.37. The highest BCUT2D eigenvalue weighted by Crippen LogP contribution is 2.13. The van der Waals surface area contributed by atoms with Gasteiger partial charge in [-0.05, 0) is 31.7 Å². The Bertz CT molecular complexity index is 495. The minimum Gasteiger partial charge on any atom is -0.341 e. The first-order chi connectivity index (χ1) is 10.1. The Kier molecular flexibility index (Phi) is 5.27. The SMILES string of the molecule is CC(NCc1ccc([N+](=O)[O-])cc1)C(=O)N1CCCCC1. The van der Waals surface area contributed by atoms with Crippen molar-refractivity contribution in [2.45, 2.75) is 38.8 Å². The first kappa shape index (κ1) is 15.4. The molecule has 1 amide bonds. The molecule has 1 unspecified atom stereocenters. The number of hydrogen-bond acceptors (Lipinski definition) is 4. The van der Waals surface area contributed by atoms with Gasteiger partial charge in [0.05, 0.1) is 11.0 Å². The van der Waals surface area contributed by atoms with E-state index in [1.165, 1.54) is 18.6 Å². The summed E-state index contributed by atoms with van der Waals surface area (Å²) in [5.41, 5.74) is 1.01. The summed E-state index contributed by atoms with van der Waals surface area (Å²) in [4.78, 5) is 24.3. The molecule has 1 N–H and O–H groups in total. The van der Waals surface area contributed by atoms with Gasteiger partial charge in [-0.15, -0.1) is 0 Å². The zero-order valence-corrected chi connectivity index (χ0v) is 12.2. The number of carbonyl (C=O) groups excluding carboxylic acids is 1. The number of nitro benzene ring substituents is 1. The molecule has 0 radical (unpaired) electrons. The summed E-state index contributed by atoms with van der Waals surface area (Å²) in [6, 6.07) is 6.15. The maximum absolute atomic E-state index is 12.2. The van der Waals surface area contributed by atoms with Crippen molar-refractivity contribution in [3.8, 4) is 0 Å². The summed E-state index contributed by atoms with van der Waals surface area (Å²) in [5, 5.41) is 13.8. The van der Waals surface area contributed by atoms with Gasteiger partial charge in [-0.2, -0.15) is 0 Å². The van der Waals surface area contributed by atoms with Crippen LogP contribution in [0.3, 0.4) is 0 Å². The van der Waals surface area contributed by atoms with Crippen molar-refractivity contribution in [1.82, 2.24) is 10.2 Å². The number of non-ortho nitro benzene ring substituents is 1. The Hall–Kier alpha value is -1.95. The molecular weight excluding hydrogens is 270 g/mol. The van der Waals surface area contributed by atoms with Crippen molar-refractivity contribution < 1.29 is 9.72 Å². The predicted molar refractivity (Wildman–Crippen MR) is 79.8 cm³/mol. The maximum atomic E-state index is 12.2. The molecule has 1 saturated heterocycles. The number of carbonyl (C=O) groups is 1. The number of nitro groups is 1. The quantitative estimate of drug-likeness (QED) is 0.665. The van der Waals surface area contributed by atoms with Crippen molar-refractivity contribution >= 4 is 11.6 Å². The monoisotopic (exact) mass is 291 g/mol. The predicted octanol–water partition coefficient (Wildman–Crippen LogP) is 2.09. The van der Waals surface area contributed by atoms with Crippen LogP contribution < -0.4 is 5.32 Å². The summed E-state index contributed by atoms with van der Waals surface area (Å²) < 4.78 is 0. The molecule has 1 aromatic rings. The van der Waals surface area contributed by atoms with Gasteiger partial charge in [0.1, 0.15) is 0 Å². The van der Waals surface area contributed by atoms with Gasteiger partial charge in [-0.25, -0.2) is 0 Å². The molecule has 6 heteroatoms. The number of hydrogen-bond donors (Lipinski definition) is 1. The number of rotatable bonds is 5. The number of likely N-dealkylation sites (tertiary alicyclic amines) is 1. The molecule has 6 nitrogen and oxygen atoms in total. The van der Waals surface area contributed by atoms with Gasteiger partial charge >= 0.3 is 0 Å². The standard InChI is InChI=1S/C15H21N3O3/c1-12(15(19)17-9-3-2-4-10-17)16-11-13-5-7-14(8-6-13)18(20)21/h5-8,12,16H,2-4,9-11H2,1H3. The zero-order valence-electron chi connectivity index (χ0n) is 12.2. The van der Waals surface area contributed by atoms with Crippen molar-refractivity contribution in [3.63, 3.8) is 0 Å². The average Bonchev–Trinajstić information content (AvgIpc) is 2.53. The molecule has 2 rings (SSSR count).